The van der Waals surface area contributed by atoms with Crippen molar-refractivity contribution in [2.45, 2.75) is 18.9 Å². The number of nitrogens with one attached hydrogen (secondary N) is 1. The normalized spacial score (nSPS) is 14.3. The highest BCUT2D eigenvalue weighted by Gasteiger charge is 2.31. The predicted molar refractivity (Wildman–Crippen MR) is 72.3 cm³/mol. The number of nitrogens with zero attached hydrogens (tertiary/aromatic N) is 1. The zero-order valence-corrected chi connectivity index (χ0v) is 11.4. The number of anilines is 1. The highest BCUT2D eigenvalue weighted by Crippen LogP contribution is 2.26. The van der Waals surface area contributed by atoms with Crippen LogP contribution in [-0.2, 0) is 9.59 Å². The van der Waals surface area contributed by atoms with Gasteiger partial charge in [0, 0.05) is 11.1 Å². The minimum Gasteiger partial charge on any atom is -0.480 e. The van der Waals surface area contributed by atoms with Crippen LogP contribution in [0.1, 0.15) is 12.8 Å². The first-order valence-electron chi connectivity index (χ1n) is 6.16. The number of carboxylic acid groups (broad SMARTS) is 1. The number of carbonyl (C=O) groups excluding carboxylic acids is 1. The second kappa shape index (κ2) is 6.19. The Kier molecular flexibility index (Phi) is 4.57. The molecular weight excluding hydrogens is 287 g/mol. The van der Waals surface area contributed by atoms with Crippen LogP contribution < -0.4 is 5.32 Å². The Morgan fingerprint density at radius 2 is 2.10 bits per heavy atom. The van der Waals surface area contributed by atoms with Gasteiger partial charge in [-0.2, -0.15) is 0 Å². The van der Waals surface area contributed by atoms with Crippen LogP contribution in [0.25, 0.3) is 0 Å². The molecule has 0 aromatic heterocycles. The average molecular weight is 301 g/mol. The van der Waals surface area contributed by atoms with Crippen molar-refractivity contribution in [3.8, 4) is 0 Å². The van der Waals surface area contributed by atoms with Gasteiger partial charge in [0.25, 0.3) is 0 Å². The van der Waals surface area contributed by atoms with Gasteiger partial charge in [0.1, 0.15) is 5.82 Å². The molecule has 0 spiro atoms. The fourth-order valence-corrected chi connectivity index (χ4v) is 2.05. The van der Waals surface area contributed by atoms with Gasteiger partial charge in [-0.15, -0.1) is 0 Å². The molecule has 1 aliphatic carbocycles. The number of rotatable bonds is 6. The first kappa shape index (κ1) is 14.7. The monoisotopic (exact) mass is 300 g/mol. The van der Waals surface area contributed by atoms with Crippen molar-refractivity contribution in [1.82, 2.24) is 4.90 Å². The minimum atomic E-state index is -0.984. The molecule has 0 atom stereocenters. The Morgan fingerprint density at radius 1 is 1.40 bits per heavy atom. The van der Waals surface area contributed by atoms with Crippen LogP contribution in [0.2, 0.25) is 5.02 Å². The Balaban J connectivity index is 1.95. The van der Waals surface area contributed by atoms with E-state index in [2.05, 4.69) is 5.32 Å². The zero-order valence-electron chi connectivity index (χ0n) is 10.6. The molecule has 2 N–H and O–H groups in total. The lowest BCUT2D eigenvalue weighted by Crippen LogP contribution is -2.38. The topological polar surface area (TPSA) is 69.6 Å². The van der Waals surface area contributed by atoms with E-state index >= 15 is 0 Å². The van der Waals surface area contributed by atoms with Gasteiger partial charge in [0.15, 0.2) is 0 Å². The fourth-order valence-electron chi connectivity index (χ4n) is 1.89. The standard InChI is InChI=1S/C13H14ClFN2O3/c14-8-1-4-11(10(15)5-8)16-12(18)6-17(7-13(19)20)9-2-3-9/h1,4-5,9H,2-3,6-7H2,(H,16,18)(H,19,20). The molecule has 5 nitrogen and oxygen atoms in total. The van der Waals surface area contributed by atoms with Crippen molar-refractivity contribution in [1.29, 1.82) is 0 Å². The largest absolute Gasteiger partial charge is 0.480 e. The van der Waals surface area contributed by atoms with Gasteiger partial charge < -0.3 is 10.4 Å². The van der Waals surface area contributed by atoms with E-state index in [1.807, 2.05) is 0 Å². The van der Waals surface area contributed by atoms with E-state index in [-0.39, 0.29) is 29.8 Å². The van der Waals surface area contributed by atoms with Crippen molar-refractivity contribution in [3.63, 3.8) is 0 Å². The van der Waals surface area contributed by atoms with E-state index in [0.29, 0.717) is 0 Å². The maximum Gasteiger partial charge on any atom is 0.317 e. The smallest absolute Gasteiger partial charge is 0.317 e. The van der Waals surface area contributed by atoms with Crippen LogP contribution in [0.4, 0.5) is 10.1 Å². The highest BCUT2D eigenvalue weighted by atomic mass is 35.5. The second-order valence-electron chi connectivity index (χ2n) is 4.70. The Hall–Kier alpha value is -1.66. The van der Waals surface area contributed by atoms with Gasteiger partial charge in [-0.3, -0.25) is 14.5 Å². The van der Waals surface area contributed by atoms with Crippen molar-refractivity contribution < 1.29 is 19.1 Å². The predicted octanol–water partition coefficient (Wildman–Crippen LogP) is 1.97. The maximum absolute atomic E-state index is 13.5. The van der Waals surface area contributed by atoms with Crippen molar-refractivity contribution in [3.05, 3.63) is 29.0 Å². The third-order valence-corrected chi connectivity index (χ3v) is 3.19. The Labute approximate surface area is 120 Å². The number of carboxylic acids is 1. The quantitative estimate of drug-likeness (QED) is 0.843. The summed E-state index contributed by atoms with van der Waals surface area (Å²) in [5.74, 6) is -2.05. The number of hydrogen-bond acceptors (Lipinski definition) is 3. The summed E-state index contributed by atoms with van der Waals surface area (Å²) in [6, 6.07) is 4.07. The van der Waals surface area contributed by atoms with Crippen LogP contribution >= 0.6 is 11.6 Å². The molecule has 108 valence electrons. The third kappa shape index (κ3) is 4.18. The van der Waals surface area contributed by atoms with E-state index in [9.17, 15) is 14.0 Å². The van der Waals surface area contributed by atoms with Gasteiger partial charge in [0.05, 0.1) is 18.8 Å². The zero-order chi connectivity index (χ0) is 14.7. The molecule has 0 unspecified atom stereocenters. The molecule has 1 saturated carbocycles. The molecule has 1 aromatic rings. The van der Waals surface area contributed by atoms with Gasteiger partial charge >= 0.3 is 5.97 Å². The molecule has 1 fully saturated rings. The van der Waals surface area contributed by atoms with Crippen LogP contribution in [0.5, 0.6) is 0 Å². The summed E-state index contributed by atoms with van der Waals surface area (Å²) in [6.07, 6.45) is 1.77. The van der Waals surface area contributed by atoms with Gasteiger partial charge in [-0.25, -0.2) is 4.39 Å². The van der Waals surface area contributed by atoms with Crippen LogP contribution in [0.15, 0.2) is 18.2 Å². The lowest BCUT2D eigenvalue weighted by Gasteiger charge is -2.19. The molecule has 0 heterocycles. The van der Waals surface area contributed by atoms with E-state index in [4.69, 9.17) is 16.7 Å². The van der Waals surface area contributed by atoms with Crippen molar-refractivity contribution in [2.24, 2.45) is 0 Å². The fraction of sp³-hybridized carbons (Fsp3) is 0.385. The molecule has 0 saturated heterocycles. The number of benzene rings is 1. The molecule has 7 heteroatoms. The van der Waals surface area contributed by atoms with Crippen molar-refractivity contribution in [2.75, 3.05) is 18.4 Å². The van der Waals surface area contributed by atoms with E-state index in [0.717, 1.165) is 18.9 Å². The molecule has 0 aliphatic heterocycles. The van der Waals surface area contributed by atoms with E-state index in [1.165, 1.54) is 12.1 Å². The number of aliphatic carboxylic acids is 1. The van der Waals surface area contributed by atoms with Crippen LogP contribution in [-0.4, -0.2) is 41.0 Å². The number of carbonyl (C=O) groups is 2. The number of halogens is 2. The summed E-state index contributed by atoms with van der Waals surface area (Å²) in [7, 11) is 0. The van der Waals surface area contributed by atoms with Crippen LogP contribution in [0, 0.1) is 5.82 Å². The SMILES string of the molecule is O=C(O)CN(CC(=O)Nc1ccc(Cl)cc1F)C1CC1. The van der Waals surface area contributed by atoms with Crippen molar-refractivity contribution >= 4 is 29.2 Å². The van der Waals surface area contributed by atoms with Gasteiger partial charge in [-0.05, 0) is 31.0 Å². The van der Waals surface area contributed by atoms with E-state index < -0.39 is 17.7 Å². The molecular formula is C13H14ClFN2O3. The summed E-state index contributed by atoms with van der Waals surface area (Å²) < 4.78 is 13.5. The lowest BCUT2D eigenvalue weighted by molar-refractivity contribution is -0.138. The first-order valence-corrected chi connectivity index (χ1v) is 6.54. The summed E-state index contributed by atoms with van der Waals surface area (Å²) in [5.41, 5.74) is 0.0328. The number of amides is 1. The molecule has 1 amide bonds. The molecule has 20 heavy (non-hydrogen) atoms. The van der Waals surface area contributed by atoms with E-state index in [1.54, 1.807) is 4.90 Å². The summed E-state index contributed by atoms with van der Waals surface area (Å²) >= 11 is 5.62. The Morgan fingerprint density at radius 3 is 2.65 bits per heavy atom. The molecule has 0 radical (unpaired) electrons. The lowest BCUT2D eigenvalue weighted by atomic mass is 10.3. The van der Waals surface area contributed by atoms with Gasteiger partial charge in [0.2, 0.25) is 5.91 Å². The highest BCUT2D eigenvalue weighted by molar-refractivity contribution is 6.30. The summed E-state index contributed by atoms with van der Waals surface area (Å²) in [5, 5.41) is 11.4. The number of hydrogen-bond donors (Lipinski definition) is 2. The molecule has 1 aliphatic rings. The third-order valence-electron chi connectivity index (χ3n) is 2.95. The molecule has 0 bridgehead atoms. The van der Waals surface area contributed by atoms with Crippen LogP contribution in [0.3, 0.4) is 0 Å². The summed E-state index contributed by atoms with van der Waals surface area (Å²) in [6.45, 7) is -0.264. The average Bonchev–Trinajstić information content (AvgIpc) is 3.15. The molecule has 1 aromatic carbocycles. The Bertz CT molecular complexity index is 534. The minimum absolute atomic E-state index is 0.0328. The maximum atomic E-state index is 13.5. The molecule has 2 rings (SSSR count). The van der Waals surface area contributed by atoms with Gasteiger partial charge in [-0.1, -0.05) is 11.6 Å². The first-order chi connectivity index (χ1) is 9.45. The second-order valence-corrected chi connectivity index (χ2v) is 5.14. The summed E-state index contributed by atoms with van der Waals surface area (Å²) in [4.78, 5) is 24.1.